The van der Waals surface area contributed by atoms with Crippen LogP contribution in [0.2, 0.25) is 0 Å². The lowest BCUT2D eigenvalue weighted by atomic mass is 10.1. The summed E-state index contributed by atoms with van der Waals surface area (Å²) < 4.78 is 22.8. The molecule has 1 amide bonds. The maximum Gasteiger partial charge on any atom is 0.410 e. The Morgan fingerprint density at radius 1 is 1.35 bits per heavy atom. The largest absolute Gasteiger partial charge is 0.444 e. The highest BCUT2D eigenvalue weighted by Crippen LogP contribution is 2.37. The highest BCUT2D eigenvalue weighted by Gasteiger charge is 2.32. The number of aromatic nitrogens is 4. The number of fused-ring (bicyclic) bond motifs is 1. The Hall–Kier alpha value is -2.75. The van der Waals surface area contributed by atoms with Gasteiger partial charge in [0.15, 0.2) is 5.82 Å². The lowest BCUT2D eigenvalue weighted by Gasteiger charge is -2.24. The lowest BCUT2D eigenvalue weighted by molar-refractivity contribution is 0.0289. The standard InChI is InChI=1S/C21H24BrFN6O2/c1-11-18-13(7-16(22)26-11)14(17-15(23)8-25-19(24)27-17)10-29(18)12-5-6-28(9-12)20(30)31-21(2,3)4/h7-8,10,12H,5-6,9H2,1-4H3,(H2,24,25,27). The highest BCUT2D eigenvalue weighted by atomic mass is 79.9. The number of amides is 1. The van der Waals surface area contributed by atoms with Gasteiger partial charge in [-0.2, -0.15) is 0 Å². The van der Waals surface area contributed by atoms with Gasteiger partial charge < -0.3 is 19.9 Å². The van der Waals surface area contributed by atoms with Gasteiger partial charge in [0.2, 0.25) is 5.95 Å². The monoisotopic (exact) mass is 490 g/mol. The topological polar surface area (TPSA) is 99.2 Å². The van der Waals surface area contributed by atoms with E-state index >= 15 is 0 Å². The number of carbonyl (C=O) groups is 1. The number of likely N-dealkylation sites (tertiary alicyclic amines) is 1. The molecule has 1 aliphatic heterocycles. The molecular formula is C21H24BrFN6O2. The molecule has 1 atom stereocenters. The zero-order chi connectivity index (χ0) is 22.5. The third-order valence-electron chi connectivity index (χ3n) is 5.18. The average molecular weight is 491 g/mol. The highest BCUT2D eigenvalue weighted by molar-refractivity contribution is 9.10. The number of pyridine rings is 1. The second-order valence-electron chi connectivity index (χ2n) is 8.67. The number of hydrogen-bond acceptors (Lipinski definition) is 6. The Kier molecular flexibility index (Phi) is 5.36. The van der Waals surface area contributed by atoms with E-state index < -0.39 is 11.4 Å². The van der Waals surface area contributed by atoms with Crippen LogP contribution in [0.4, 0.5) is 15.1 Å². The van der Waals surface area contributed by atoms with Gasteiger partial charge in [-0.1, -0.05) is 0 Å². The van der Waals surface area contributed by atoms with Gasteiger partial charge in [0.1, 0.15) is 15.9 Å². The molecule has 0 aliphatic carbocycles. The number of rotatable bonds is 2. The minimum absolute atomic E-state index is 0.000823. The first-order chi connectivity index (χ1) is 14.5. The van der Waals surface area contributed by atoms with Crippen LogP contribution >= 0.6 is 15.9 Å². The Morgan fingerprint density at radius 3 is 2.81 bits per heavy atom. The zero-order valence-electron chi connectivity index (χ0n) is 17.8. The number of nitrogens with zero attached hydrogens (tertiary/aromatic N) is 5. The summed E-state index contributed by atoms with van der Waals surface area (Å²) in [5.74, 6) is -0.556. The smallest absolute Gasteiger partial charge is 0.410 e. The quantitative estimate of drug-likeness (QED) is 0.532. The summed E-state index contributed by atoms with van der Waals surface area (Å²) in [6.07, 6.45) is 3.34. The van der Waals surface area contributed by atoms with Gasteiger partial charge in [-0.15, -0.1) is 0 Å². The molecule has 3 aromatic rings. The molecule has 1 unspecified atom stereocenters. The van der Waals surface area contributed by atoms with Crippen molar-refractivity contribution in [1.29, 1.82) is 0 Å². The number of nitrogens with two attached hydrogens (primary N) is 1. The van der Waals surface area contributed by atoms with Crippen molar-refractivity contribution in [1.82, 2.24) is 24.4 Å². The molecule has 8 nitrogen and oxygen atoms in total. The van der Waals surface area contributed by atoms with E-state index in [1.807, 2.05) is 40.0 Å². The van der Waals surface area contributed by atoms with E-state index in [4.69, 9.17) is 10.5 Å². The lowest BCUT2D eigenvalue weighted by Crippen LogP contribution is -2.35. The van der Waals surface area contributed by atoms with E-state index in [-0.39, 0.29) is 23.8 Å². The van der Waals surface area contributed by atoms with Gasteiger partial charge in [0.25, 0.3) is 0 Å². The number of aryl methyl sites for hydroxylation is 1. The SMILES string of the molecule is Cc1nc(Br)cc2c(-c3nc(N)ncc3F)cn(C3CCN(C(=O)OC(C)(C)C)C3)c12. The summed E-state index contributed by atoms with van der Waals surface area (Å²) in [6, 6.07) is 1.83. The number of ether oxygens (including phenoxy) is 1. The van der Waals surface area contributed by atoms with Gasteiger partial charge in [0.05, 0.1) is 23.4 Å². The molecule has 0 radical (unpaired) electrons. The third kappa shape index (κ3) is 4.21. The number of carbonyl (C=O) groups excluding carboxylic acids is 1. The number of hydrogen-bond donors (Lipinski definition) is 1. The molecule has 2 N–H and O–H groups in total. The van der Waals surface area contributed by atoms with E-state index in [2.05, 4.69) is 35.4 Å². The van der Waals surface area contributed by atoms with Crippen LogP contribution in [0.5, 0.6) is 0 Å². The first-order valence-corrected chi connectivity index (χ1v) is 10.8. The van der Waals surface area contributed by atoms with Crippen molar-refractivity contribution < 1.29 is 13.9 Å². The van der Waals surface area contributed by atoms with E-state index in [0.717, 1.165) is 29.2 Å². The molecule has 4 heterocycles. The predicted molar refractivity (Wildman–Crippen MR) is 119 cm³/mol. The number of anilines is 1. The Balaban J connectivity index is 1.78. The van der Waals surface area contributed by atoms with Crippen LogP contribution in [0.1, 0.15) is 38.9 Å². The van der Waals surface area contributed by atoms with Crippen molar-refractivity contribution in [2.24, 2.45) is 0 Å². The molecule has 4 rings (SSSR count). The molecule has 1 fully saturated rings. The third-order valence-corrected chi connectivity index (χ3v) is 5.58. The van der Waals surface area contributed by atoms with Gasteiger partial charge in [-0.05, 0) is 56.1 Å². The number of nitrogen functional groups attached to an aromatic ring is 1. The van der Waals surface area contributed by atoms with Crippen LogP contribution in [-0.4, -0.2) is 49.2 Å². The molecule has 1 saturated heterocycles. The minimum atomic E-state index is -0.556. The van der Waals surface area contributed by atoms with Crippen molar-refractivity contribution >= 4 is 38.9 Å². The fourth-order valence-electron chi connectivity index (χ4n) is 3.94. The van der Waals surface area contributed by atoms with Crippen molar-refractivity contribution in [3.63, 3.8) is 0 Å². The normalized spacial score (nSPS) is 16.8. The van der Waals surface area contributed by atoms with Gasteiger partial charge in [-0.3, -0.25) is 0 Å². The average Bonchev–Trinajstić information content (AvgIpc) is 3.27. The molecular weight excluding hydrogens is 467 g/mol. The first-order valence-electron chi connectivity index (χ1n) is 9.97. The fraction of sp³-hybridized carbons (Fsp3) is 0.429. The summed E-state index contributed by atoms with van der Waals surface area (Å²) in [7, 11) is 0. The molecule has 0 bridgehead atoms. The summed E-state index contributed by atoms with van der Waals surface area (Å²) in [6.45, 7) is 8.50. The predicted octanol–water partition coefficient (Wildman–Crippen LogP) is 4.47. The molecule has 0 aromatic carbocycles. The zero-order valence-corrected chi connectivity index (χ0v) is 19.4. The summed E-state index contributed by atoms with van der Waals surface area (Å²) in [5, 5.41) is 0.798. The van der Waals surface area contributed by atoms with Crippen LogP contribution in [0.3, 0.4) is 0 Å². The molecule has 0 spiro atoms. The van der Waals surface area contributed by atoms with E-state index in [9.17, 15) is 9.18 Å². The molecule has 3 aromatic heterocycles. The molecule has 164 valence electrons. The van der Waals surface area contributed by atoms with Crippen molar-refractivity contribution in [2.75, 3.05) is 18.8 Å². The first kappa shape index (κ1) is 21.5. The van der Waals surface area contributed by atoms with E-state index in [1.54, 1.807) is 4.90 Å². The van der Waals surface area contributed by atoms with Gasteiger partial charge in [0, 0.05) is 30.2 Å². The van der Waals surface area contributed by atoms with Crippen molar-refractivity contribution in [3.8, 4) is 11.3 Å². The molecule has 31 heavy (non-hydrogen) atoms. The Morgan fingerprint density at radius 2 is 2.10 bits per heavy atom. The van der Waals surface area contributed by atoms with Crippen LogP contribution in [0.15, 0.2) is 23.1 Å². The van der Waals surface area contributed by atoms with E-state index in [1.165, 1.54) is 0 Å². The molecule has 1 aliphatic rings. The summed E-state index contributed by atoms with van der Waals surface area (Å²) >= 11 is 3.43. The fourth-order valence-corrected chi connectivity index (χ4v) is 4.43. The maximum atomic E-state index is 14.6. The maximum absolute atomic E-state index is 14.6. The summed E-state index contributed by atoms with van der Waals surface area (Å²) in [4.78, 5) is 26.6. The molecule has 10 heteroatoms. The Labute approximate surface area is 187 Å². The number of halogens is 2. The summed E-state index contributed by atoms with van der Waals surface area (Å²) in [5.41, 5.74) is 7.56. The molecule has 0 saturated carbocycles. The minimum Gasteiger partial charge on any atom is -0.444 e. The van der Waals surface area contributed by atoms with Crippen LogP contribution < -0.4 is 5.73 Å². The van der Waals surface area contributed by atoms with Gasteiger partial charge in [-0.25, -0.2) is 24.1 Å². The van der Waals surface area contributed by atoms with Crippen LogP contribution in [0.25, 0.3) is 22.2 Å². The van der Waals surface area contributed by atoms with Gasteiger partial charge >= 0.3 is 6.09 Å². The van der Waals surface area contributed by atoms with E-state index in [0.29, 0.717) is 23.3 Å². The Bertz CT molecular complexity index is 1170. The van der Waals surface area contributed by atoms with Crippen LogP contribution in [0, 0.1) is 12.7 Å². The van der Waals surface area contributed by atoms with Crippen LogP contribution in [-0.2, 0) is 4.74 Å². The second-order valence-corrected chi connectivity index (χ2v) is 9.48. The second kappa shape index (κ2) is 7.74. The van der Waals surface area contributed by atoms with Crippen molar-refractivity contribution in [2.45, 2.75) is 45.8 Å². The van der Waals surface area contributed by atoms with Crippen molar-refractivity contribution in [3.05, 3.63) is 34.6 Å².